The van der Waals surface area contributed by atoms with E-state index in [0.717, 1.165) is 22.5 Å². The first-order valence-corrected chi connectivity index (χ1v) is 12.5. The Morgan fingerprint density at radius 1 is 1.11 bits per heavy atom. The van der Waals surface area contributed by atoms with Gasteiger partial charge in [-0.2, -0.15) is 5.10 Å². The van der Waals surface area contributed by atoms with Crippen LogP contribution in [0.2, 0.25) is 5.02 Å². The summed E-state index contributed by atoms with van der Waals surface area (Å²) in [4.78, 5) is 32.3. The van der Waals surface area contributed by atoms with E-state index in [9.17, 15) is 14.7 Å². The standard InChI is InChI=1S/C28H27ClN6O3/c1-17(27(37)32-24(16-36)20-4-3-5-22(29)12-20)35-15-21-7-6-18(13-23(21)28(35)38)19-8-10-30-25(14-19)33-26-9-11-31-34(26)2/h3-14,17,24,36H,15-16H2,1-2H3,(H,30,33)(H,32,37). The Morgan fingerprint density at radius 3 is 2.66 bits per heavy atom. The number of anilines is 2. The second kappa shape index (κ2) is 10.6. The summed E-state index contributed by atoms with van der Waals surface area (Å²) in [6, 6.07) is 17.0. The Kier molecular flexibility index (Phi) is 7.13. The molecule has 0 fully saturated rings. The number of hydrogen-bond acceptors (Lipinski definition) is 6. The van der Waals surface area contributed by atoms with Crippen molar-refractivity contribution in [2.75, 3.05) is 11.9 Å². The second-order valence-corrected chi connectivity index (χ2v) is 9.61. The van der Waals surface area contributed by atoms with Gasteiger partial charge in [0, 0.05) is 36.4 Å². The molecule has 194 valence electrons. The zero-order valence-electron chi connectivity index (χ0n) is 20.9. The van der Waals surface area contributed by atoms with Gasteiger partial charge in [0.2, 0.25) is 5.91 Å². The fourth-order valence-corrected chi connectivity index (χ4v) is 4.71. The van der Waals surface area contributed by atoms with Gasteiger partial charge in [0.25, 0.3) is 5.91 Å². The van der Waals surface area contributed by atoms with E-state index in [1.165, 1.54) is 4.90 Å². The lowest BCUT2D eigenvalue weighted by Crippen LogP contribution is -2.46. The highest BCUT2D eigenvalue weighted by Crippen LogP contribution is 2.31. The molecule has 3 heterocycles. The summed E-state index contributed by atoms with van der Waals surface area (Å²) >= 11 is 6.07. The van der Waals surface area contributed by atoms with E-state index in [0.29, 0.717) is 28.5 Å². The van der Waals surface area contributed by atoms with Crippen LogP contribution in [-0.4, -0.2) is 49.2 Å². The van der Waals surface area contributed by atoms with E-state index in [-0.39, 0.29) is 18.4 Å². The van der Waals surface area contributed by atoms with Gasteiger partial charge < -0.3 is 20.6 Å². The number of pyridine rings is 1. The highest BCUT2D eigenvalue weighted by Gasteiger charge is 2.34. The van der Waals surface area contributed by atoms with E-state index in [1.807, 2.05) is 43.4 Å². The van der Waals surface area contributed by atoms with Crippen LogP contribution in [0.3, 0.4) is 0 Å². The van der Waals surface area contributed by atoms with Crippen LogP contribution >= 0.6 is 11.6 Å². The van der Waals surface area contributed by atoms with Crippen molar-refractivity contribution in [1.82, 2.24) is 25.0 Å². The number of hydrogen-bond donors (Lipinski definition) is 3. The van der Waals surface area contributed by atoms with Gasteiger partial charge in [0.15, 0.2) is 0 Å². The zero-order valence-corrected chi connectivity index (χ0v) is 21.7. The van der Waals surface area contributed by atoms with Crippen LogP contribution in [-0.2, 0) is 18.4 Å². The molecule has 0 spiro atoms. The fraction of sp³-hybridized carbons (Fsp3) is 0.214. The maximum Gasteiger partial charge on any atom is 0.255 e. The third-order valence-electron chi connectivity index (χ3n) is 6.71. The maximum absolute atomic E-state index is 13.4. The minimum absolute atomic E-state index is 0.213. The largest absolute Gasteiger partial charge is 0.394 e. The Morgan fingerprint density at radius 2 is 1.92 bits per heavy atom. The van der Waals surface area contributed by atoms with Crippen molar-refractivity contribution in [2.45, 2.75) is 25.6 Å². The molecule has 1 aliphatic heterocycles. The molecule has 4 aromatic rings. The first-order chi connectivity index (χ1) is 18.3. The van der Waals surface area contributed by atoms with Crippen molar-refractivity contribution in [3.05, 3.63) is 94.8 Å². The Hall–Kier alpha value is -4.21. The number of nitrogens with zero attached hydrogens (tertiary/aromatic N) is 4. The lowest BCUT2D eigenvalue weighted by Gasteiger charge is -2.26. The van der Waals surface area contributed by atoms with Crippen molar-refractivity contribution in [1.29, 1.82) is 0 Å². The molecular weight excluding hydrogens is 504 g/mol. The molecule has 9 nitrogen and oxygen atoms in total. The molecule has 2 unspecified atom stereocenters. The molecule has 2 aromatic carbocycles. The first kappa shape index (κ1) is 25.4. The molecule has 10 heteroatoms. The smallest absolute Gasteiger partial charge is 0.255 e. The summed E-state index contributed by atoms with van der Waals surface area (Å²) in [7, 11) is 1.84. The Balaban J connectivity index is 1.31. The first-order valence-electron chi connectivity index (χ1n) is 12.2. The number of carbonyl (C=O) groups is 2. The summed E-state index contributed by atoms with van der Waals surface area (Å²) in [5.74, 6) is 0.893. The third-order valence-corrected chi connectivity index (χ3v) is 6.94. The lowest BCUT2D eigenvalue weighted by atomic mass is 10.0. The van der Waals surface area contributed by atoms with E-state index in [4.69, 9.17) is 11.6 Å². The summed E-state index contributed by atoms with van der Waals surface area (Å²) in [6.45, 7) is 1.72. The maximum atomic E-state index is 13.4. The number of nitrogens with one attached hydrogen (secondary N) is 2. The van der Waals surface area contributed by atoms with E-state index < -0.39 is 12.1 Å². The molecule has 0 bridgehead atoms. The summed E-state index contributed by atoms with van der Waals surface area (Å²) < 4.78 is 1.71. The van der Waals surface area contributed by atoms with Crippen LogP contribution < -0.4 is 10.6 Å². The van der Waals surface area contributed by atoms with Crippen molar-refractivity contribution < 1.29 is 14.7 Å². The average Bonchev–Trinajstić information content (AvgIpc) is 3.48. The number of aliphatic hydroxyl groups is 1. The number of aromatic nitrogens is 3. The summed E-state index contributed by atoms with van der Waals surface area (Å²) in [5, 5.41) is 20.6. The van der Waals surface area contributed by atoms with Crippen LogP contribution in [0.5, 0.6) is 0 Å². The van der Waals surface area contributed by atoms with Gasteiger partial charge >= 0.3 is 0 Å². The second-order valence-electron chi connectivity index (χ2n) is 9.17. The highest BCUT2D eigenvalue weighted by atomic mass is 35.5. The van der Waals surface area contributed by atoms with Gasteiger partial charge in [-0.25, -0.2) is 4.98 Å². The summed E-state index contributed by atoms with van der Waals surface area (Å²) in [6.07, 6.45) is 3.41. The third kappa shape index (κ3) is 5.11. The monoisotopic (exact) mass is 530 g/mol. The Bertz CT molecular complexity index is 1500. The number of aliphatic hydroxyl groups excluding tert-OH is 1. The molecule has 5 rings (SSSR count). The van der Waals surface area contributed by atoms with E-state index >= 15 is 0 Å². The number of aryl methyl sites for hydroxylation is 1. The predicted molar refractivity (Wildman–Crippen MR) is 145 cm³/mol. The number of rotatable bonds is 8. The number of amides is 2. The van der Waals surface area contributed by atoms with Crippen LogP contribution in [0, 0.1) is 0 Å². The number of carbonyl (C=O) groups excluding carboxylic acids is 2. The SMILES string of the molecule is CC(C(=O)NC(CO)c1cccc(Cl)c1)N1Cc2ccc(-c3ccnc(Nc4ccnn4C)c3)cc2C1=O. The molecule has 2 atom stereocenters. The van der Waals surface area contributed by atoms with Crippen LogP contribution in [0.1, 0.15) is 34.5 Å². The molecule has 0 radical (unpaired) electrons. The molecule has 3 N–H and O–H groups in total. The molecule has 2 aromatic heterocycles. The van der Waals surface area contributed by atoms with Crippen LogP contribution in [0.4, 0.5) is 11.6 Å². The van der Waals surface area contributed by atoms with Crippen molar-refractivity contribution in [3.8, 4) is 11.1 Å². The normalized spacial score (nSPS) is 14.2. The molecule has 38 heavy (non-hydrogen) atoms. The molecule has 2 amide bonds. The minimum Gasteiger partial charge on any atom is -0.394 e. The van der Waals surface area contributed by atoms with Gasteiger partial charge in [-0.1, -0.05) is 35.9 Å². The van der Waals surface area contributed by atoms with E-state index in [2.05, 4.69) is 20.7 Å². The predicted octanol–water partition coefficient (Wildman–Crippen LogP) is 4.07. The number of halogens is 1. The molecule has 1 aliphatic rings. The lowest BCUT2D eigenvalue weighted by molar-refractivity contribution is -0.126. The fourth-order valence-electron chi connectivity index (χ4n) is 4.51. The molecular formula is C28H27ClN6O3. The Labute approximate surface area is 225 Å². The highest BCUT2D eigenvalue weighted by molar-refractivity contribution is 6.30. The number of fused-ring (bicyclic) bond motifs is 1. The van der Waals surface area contributed by atoms with Gasteiger partial charge in [-0.05, 0) is 59.5 Å². The van der Waals surface area contributed by atoms with Crippen LogP contribution in [0.25, 0.3) is 11.1 Å². The van der Waals surface area contributed by atoms with Crippen molar-refractivity contribution >= 4 is 35.1 Å². The van der Waals surface area contributed by atoms with Crippen molar-refractivity contribution in [3.63, 3.8) is 0 Å². The van der Waals surface area contributed by atoms with Crippen LogP contribution in [0.15, 0.2) is 73.1 Å². The molecule has 0 saturated heterocycles. The minimum atomic E-state index is -0.734. The molecule has 0 aliphatic carbocycles. The van der Waals surface area contributed by atoms with Gasteiger partial charge in [0.1, 0.15) is 17.7 Å². The topological polar surface area (TPSA) is 112 Å². The van der Waals surface area contributed by atoms with Gasteiger partial charge in [0.05, 0.1) is 18.8 Å². The zero-order chi connectivity index (χ0) is 26.8. The number of benzene rings is 2. The van der Waals surface area contributed by atoms with Crippen molar-refractivity contribution in [2.24, 2.45) is 7.05 Å². The van der Waals surface area contributed by atoms with E-state index in [1.54, 1.807) is 48.3 Å². The quantitative estimate of drug-likeness (QED) is 0.316. The molecule has 0 saturated carbocycles. The van der Waals surface area contributed by atoms with Gasteiger partial charge in [-0.3, -0.25) is 14.3 Å². The van der Waals surface area contributed by atoms with Gasteiger partial charge in [-0.15, -0.1) is 0 Å². The summed E-state index contributed by atoms with van der Waals surface area (Å²) in [5.41, 5.74) is 3.88. The average molecular weight is 531 g/mol.